The fourth-order valence-electron chi connectivity index (χ4n) is 0. The predicted octanol–water partition coefficient (Wildman–Crippen LogP) is -9.52. The molecule has 0 aromatic carbocycles. The smallest absolute Gasteiger partial charge is 0.870 e. The average Bonchev–Trinajstić information content (AvgIpc) is 0. The quantitative estimate of drug-likeness (QED) is 0.286. The Morgan fingerprint density at radius 2 is 0.500 bits per heavy atom. The van der Waals surface area contributed by atoms with Crippen molar-refractivity contribution in [1.29, 1.82) is 0 Å². The van der Waals surface area contributed by atoms with E-state index in [1.54, 1.807) is 0 Å². The number of hydrogen-bond donors (Lipinski definition) is 0. The SMILES string of the molecule is [K+].[Li+].[Li+].[OH-].[OH-].[OH-]. The van der Waals surface area contributed by atoms with Crippen LogP contribution in [0, 0.1) is 0 Å². The topological polar surface area (TPSA) is 90.0 Å². The molecule has 3 N–H and O–H groups in total. The van der Waals surface area contributed by atoms with E-state index in [1.807, 2.05) is 0 Å². The van der Waals surface area contributed by atoms with E-state index < -0.39 is 0 Å². The Morgan fingerprint density at radius 3 is 0.500 bits per heavy atom. The van der Waals surface area contributed by atoms with Crippen LogP contribution in [-0.4, -0.2) is 16.4 Å². The standard InChI is InChI=1S/K.2Li.3H2O/h;;;3*1H2/q3*+1;;;/p-3. The summed E-state index contributed by atoms with van der Waals surface area (Å²) in [7, 11) is 0. The normalized spacial score (nSPS) is 0. The van der Waals surface area contributed by atoms with Gasteiger partial charge in [0.2, 0.25) is 0 Å². The molecule has 0 aliphatic heterocycles. The fraction of sp³-hybridized carbons (Fsp3) is 0. The zero-order valence-electron chi connectivity index (χ0n) is 4.34. The van der Waals surface area contributed by atoms with Gasteiger partial charge in [-0.15, -0.1) is 0 Å². The van der Waals surface area contributed by atoms with Crippen molar-refractivity contribution < 1.29 is 106 Å². The van der Waals surface area contributed by atoms with Crippen LogP contribution in [0.2, 0.25) is 0 Å². The van der Waals surface area contributed by atoms with E-state index in [2.05, 4.69) is 0 Å². The van der Waals surface area contributed by atoms with Crippen LogP contribution >= 0.6 is 0 Å². The first-order chi connectivity index (χ1) is 0. The zero-order valence-corrected chi connectivity index (χ0v) is 7.46. The molecule has 0 unspecified atom stereocenters. The van der Waals surface area contributed by atoms with Crippen LogP contribution in [-0.2, 0) is 0 Å². The van der Waals surface area contributed by atoms with Crippen LogP contribution in [0.3, 0.4) is 0 Å². The van der Waals surface area contributed by atoms with Gasteiger partial charge in [-0.25, -0.2) is 0 Å². The molecule has 0 heterocycles. The maximum absolute atomic E-state index is 0. The number of rotatable bonds is 0. The minimum atomic E-state index is 0. The van der Waals surface area contributed by atoms with E-state index in [0.717, 1.165) is 0 Å². The molecular formula is H3KLi2O3. The molecule has 0 rings (SSSR count). The molecule has 6 heteroatoms. The minimum absolute atomic E-state index is 0. The van der Waals surface area contributed by atoms with Gasteiger partial charge in [-0.1, -0.05) is 0 Å². The molecule has 24 valence electrons. The summed E-state index contributed by atoms with van der Waals surface area (Å²) in [6, 6.07) is 0. The van der Waals surface area contributed by atoms with Gasteiger partial charge in [-0.3, -0.25) is 0 Å². The molecular weight excluding hydrogens is 101 g/mol. The Balaban J connectivity index is 0. The van der Waals surface area contributed by atoms with Crippen molar-refractivity contribution in [1.82, 2.24) is 0 Å². The van der Waals surface area contributed by atoms with E-state index in [4.69, 9.17) is 0 Å². The molecule has 0 aliphatic carbocycles. The summed E-state index contributed by atoms with van der Waals surface area (Å²) in [6.45, 7) is 0. The van der Waals surface area contributed by atoms with Crippen LogP contribution in [0.4, 0.5) is 0 Å². The first kappa shape index (κ1) is 70.5. The van der Waals surface area contributed by atoms with Crippen LogP contribution in [0.5, 0.6) is 0 Å². The molecule has 0 amide bonds. The molecule has 0 aromatic rings. The van der Waals surface area contributed by atoms with Crippen molar-refractivity contribution in [2.45, 2.75) is 0 Å². The molecule has 0 aliphatic rings. The minimum Gasteiger partial charge on any atom is -0.870 e. The molecule has 0 fully saturated rings. The van der Waals surface area contributed by atoms with Gasteiger partial charge in [0, 0.05) is 0 Å². The van der Waals surface area contributed by atoms with Crippen LogP contribution in [0.15, 0.2) is 0 Å². The summed E-state index contributed by atoms with van der Waals surface area (Å²) in [5.41, 5.74) is 0. The molecule has 3 nitrogen and oxygen atoms in total. The summed E-state index contributed by atoms with van der Waals surface area (Å²) in [5, 5.41) is 0. The van der Waals surface area contributed by atoms with Crippen molar-refractivity contribution >= 4 is 0 Å². The summed E-state index contributed by atoms with van der Waals surface area (Å²) in [6.07, 6.45) is 0. The van der Waals surface area contributed by atoms with Gasteiger partial charge in [0.25, 0.3) is 0 Å². The van der Waals surface area contributed by atoms with Gasteiger partial charge < -0.3 is 16.4 Å². The molecule has 0 bridgehead atoms. The second-order valence-corrected chi connectivity index (χ2v) is 0. The van der Waals surface area contributed by atoms with Crippen molar-refractivity contribution in [2.24, 2.45) is 0 Å². The van der Waals surface area contributed by atoms with E-state index >= 15 is 0 Å². The third-order valence-corrected chi connectivity index (χ3v) is 0. The fourth-order valence-corrected chi connectivity index (χ4v) is 0. The van der Waals surface area contributed by atoms with Crippen molar-refractivity contribution in [3.8, 4) is 0 Å². The Hall–Kier alpha value is 2.71. The molecule has 6 heavy (non-hydrogen) atoms. The van der Waals surface area contributed by atoms with E-state index in [1.165, 1.54) is 0 Å². The second-order valence-electron chi connectivity index (χ2n) is 0. The van der Waals surface area contributed by atoms with Gasteiger partial charge in [0.05, 0.1) is 0 Å². The van der Waals surface area contributed by atoms with Crippen LogP contribution in [0.1, 0.15) is 0 Å². The van der Waals surface area contributed by atoms with Gasteiger partial charge in [-0.2, -0.15) is 0 Å². The Labute approximate surface area is 103 Å². The van der Waals surface area contributed by atoms with Crippen molar-refractivity contribution in [3.63, 3.8) is 0 Å². The second kappa shape index (κ2) is 47.3. The molecule has 0 radical (unpaired) electrons. The van der Waals surface area contributed by atoms with Gasteiger partial charge >= 0.3 is 89.1 Å². The maximum atomic E-state index is 0. The Morgan fingerprint density at radius 1 is 0.500 bits per heavy atom. The third-order valence-electron chi connectivity index (χ3n) is 0. The number of hydrogen-bond acceptors (Lipinski definition) is 3. The summed E-state index contributed by atoms with van der Waals surface area (Å²) in [4.78, 5) is 0. The van der Waals surface area contributed by atoms with E-state index in [-0.39, 0.29) is 106 Å². The Bertz CT molecular complexity index is 8.75. The summed E-state index contributed by atoms with van der Waals surface area (Å²) < 4.78 is 0. The van der Waals surface area contributed by atoms with E-state index in [0.29, 0.717) is 0 Å². The monoisotopic (exact) mass is 104 g/mol. The first-order valence-electron chi connectivity index (χ1n) is 0. The van der Waals surface area contributed by atoms with Gasteiger partial charge in [0.1, 0.15) is 0 Å². The zero-order chi connectivity index (χ0) is 0. The predicted molar refractivity (Wildman–Crippen MR) is 5.81 cm³/mol. The first-order valence-corrected chi connectivity index (χ1v) is 0. The van der Waals surface area contributed by atoms with Crippen molar-refractivity contribution in [3.05, 3.63) is 0 Å². The van der Waals surface area contributed by atoms with E-state index in [9.17, 15) is 0 Å². The van der Waals surface area contributed by atoms with Crippen LogP contribution < -0.4 is 89.1 Å². The molecule has 0 aromatic heterocycles. The molecule has 0 saturated heterocycles. The average molecular weight is 104 g/mol. The Kier molecular flexibility index (Phi) is 555. The maximum Gasteiger partial charge on any atom is 1.00 e. The molecule has 0 saturated carbocycles. The summed E-state index contributed by atoms with van der Waals surface area (Å²) >= 11 is 0. The molecule has 0 spiro atoms. The van der Waals surface area contributed by atoms with Gasteiger partial charge in [-0.05, 0) is 0 Å². The third kappa shape index (κ3) is 29.8. The van der Waals surface area contributed by atoms with Crippen LogP contribution in [0.25, 0.3) is 0 Å². The largest absolute Gasteiger partial charge is 1.00 e. The van der Waals surface area contributed by atoms with Gasteiger partial charge in [0.15, 0.2) is 0 Å². The molecule has 0 atom stereocenters. The van der Waals surface area contributed by atoms with Crippen molar-refractivity contribution in [2.75, 3.05) is 0 Å². The summed E-state index contributed by atoms with van der Waals surface area (Å²) in [5.74, 6) is 0.